The smallest absolute Gasteiger partial charge is 0.336 e. The summed E-state index contributed by atoms with van der Waals surface area (Å²) in [5.41, 5.74) is 2.78. The van der Waals surface area contributed by atoms with Crippen LogP contribution in [0.3, 0.4) is 0 Å². The number of fused-ring (bicyclic) bond motifs is 1. The van der Waals surface area contributed by atoms with Gasteiger partial charge in [0.25, 0.3) is 0 Å². The second-order valence-corrected chi connectivity index (χ2v) is 6.98. The van der Waals surface area contributed by atoms with Gasteiger partial charge in [-0.15, -0.1) is 11.3 Å². The molecule has 4 rings (SSSR count). The van der Waals surface area contributed by atoms with Gasteiger partial charge in [-0.05, 0) is 31.2 Å². The van der Waals surface area contributed by atoms with Gasteiger partial charge in [-0.1, -0.05) is 23.8 Å². The summed E-state index contributed by atoms with van der Waals surface area (Å²) in [6.45, 7) is 2.03. The average Bonchev–Trinajstić information content (AvgIpc) is 3.09. The normalized spacial score (nSPS) is 10.9. The number of esters is 1. The molecule has 0 saturated heterocycles. The lowest BCUT2D eigenvalue weighted by Gasteiger charge is -2.04. The maximum Gasteiger partial charge on any atom is 0.336 e. The molecule has 0 amide bonds. The number of ether oxygens (including phenoxy) is 1. The molecule has 2 aromatic carbocycles. The second-order valence-electron chi connectivity index (χ2n) is 6.12. The van der Waals surface area contributed by atoms with Crippen LogP contribution in [0.15, 0.2) is 69.2 Å². The van der Waals surface area contributed by atoms with Crippen molar-refractivity contribution in [2.24, 2.45) is 0 Å². The van der Waals surface area contributed by atoms with Gasteiger partial charge < -0.3 is 9.15 Å². The standard InChI is InChI=1S/C21H15NO4S/c1-13-3-2-4-15(9-13)21-22-16(12-27-21)10-20(24)25-17-7-5-14-6-8-19(23)26-18(14)11-17/h2-9,11-12H,10H2,1H3. The monoisotopic (exact) mass is 377 g/mol. The number of carbonyl (C=O) groups is 1. The van der Waals surface area contributed by atoms with E-state index >= 15 is 0 Å². The Morgan fingerprint density at radius 2 is 2.00 bits per heavy atom. The van der Waals surface area contributed by atoms with Gasteiger partial charge in [0.15, 0.2) is 0 Å². The number of aromatic nitrogens is 1. The van der Waals surface area contributed by atoms with Crippen molar-refractivity contribution in [2.45, 2.75) is 13.3 Å². The predicted molar refractivity (Wildman–Crippen MR) is 104 cm³/mol. The van der Waals surface area contributed by atoms with Crippen LogP contribution in [0.25, 0.3) is 21.5 Å². The van der Waals surface area contributed by atoms with Gasteiger partial charge >= 0.3 is 11.6 Å². The van der Waals surface area contributed by atoms with E-state index in [9.17, 15) is 9.59 Å². The van der Waals surface area contributed by atoms with E-state index in [-0.39, 0.29) is 6.42 Å². The molecule has 0 N–H and O–H groups in total. The number of thiazole rings is 1. The lowest BCUT2D eigenvalue weighted by Crippen LogP contribution is -2.11. The SMILES string of the molecule is Cc1cccc(-c2nc(CC(=O)Oc3ccc4ccc(=O)oc4c3)cs2)c1. The molecule has 0 unspecified atom stereocenters. The van der Waals surface area contributed by atoms with Crippen LogP contribution < -0.4 is 10.4 Å². The summed E-state index contributed by atoms with van der Waals surface area (Å²) in [4.78, 5) is 28.1. The van der Waals surface area contributed by atoms with E-state index in [0.717, 1.165) is 21.5 Å². The Bertz CT molecular complexity index is 1190. The van der Waals surface area contributed by atoms with Crippen LogP contribution in [0, 0.1) is 6.92 Å². The summed E-state index contributed by atoms with van der Waals surface area (Å²) in [5.74, 6) is -0.0929. The number of hydrogen-bond donors (Lipinski definition) is 0. The third kappa shape index (κ3) is 3.96. The van der Waals surface area contributed by atoms with Gasteiger partial charge in [0.1, 0.15) is 16.3 Å². The minimum Gasteiger partial charge on any atom is -0.426 e. The maximum absolute atomic E-state index is 12.2. The molecule has 0 aliphatic carbocycles. The first-order chi connectivity index (χ1) is 13.1. The minimum absolute atomic E-state index is 0.0685. The van der Waals surface area contributed by atoms with Gasteiger partial charge in [0.2, 0.25) is 0 Å². The summed E-state index contributed by atoms with van der Waals surface area (Å²) in [6, 6.07) is 16.0. The highest BCUT2D eigenvalue weighted by molar-refractivity contribution is 7.13. The summed E-state index contributed by atoms with van der Waals surface area (Å²) in [6.07, 6.45) is 0.0685. The van der Waals surface area contributed by atoms with Crippen molar-refractivity contribution in [1.29, 1.82) is 0 Å². The molecule has 0 saturated carbocycles. The highest BCUT2D eigenvalue weighted by Gasteiger charge is 2.12. The molecular weight excluding hydrogens is 362 g/mol. The van der Waals surface area contributed by atoms with Crippen LogP contribution in [0.1, 0.15) is 11.3 Å². The van der Waals surface area contributed by atoms with Gasteiger partial charge in [0, 0.05) is 28.5 Å². The molecule has 0 fully saturated rings. The number of aryl methyl sites for hydroxylation is 1. The van der Waals surface area contributed by atoms with Crippen LogP contribution in [-0.4, -0.2) is 11.0 Å². The zero-order valence-electron chi connectivity index (χ0n) is 14.5. The highest BCUT2D eigenvalue weighted by Crippen LogP contribution is 2.25. The Hall–Kier alpha value is -3.25. The molecule has 0 aliphatic heterocycles. The van der Waals surface area contributed by atoms with Crippen LogP contribution in [-0.2, 0) is 11.2 Å². The zero-order valence-corrected chi connectivity index (χ0v) is 15.3. The quantitative estimate of drug-likeness (QED) is 0.300. The Labute approximate surface area is 158 Å². The van der Waals surface area contributed by atoms with Crippen molar-refractivity contribution >= 4 is 28.3 Å². The second kappa shape index (κ2) is 7.17. The number of nitrogens with zero attached hydrogens (tertiary/aromatic N) is 1. The lowest BCUT2D eigenvalue weighted by atomic mass is 10.1. The van der Waals surface area contributed by atoms with Crippen LogP contribution in [0.4, 0.5) is 0 Å². The molecular formula is C21H15NO4S. The molecule has 2 heterocycles. The molecule has 0 atom stereocenters. The first-order valence-corrected chi connectivity index (χ1v) is 9.21. The van der Waals surface area contributed by atoms with E-state index < -0.39 is 11.6 Å². The summed E-state index contributed by atoms with van der Waals surface area (Å²) in [7, 11) is 0. The first-order valence-electron chi connectivity index (χ1n) is 8.33. The Kier molecular flexibility index (Phi) is 4.56. The van der Waals surface area contributed by atoms with Gasteiger partial charge in [-0.25, -0.2) is 9.78 Å². The number of hydrogen-bond acceptors (Lipinski definition) is 6. The molecule has 0 radical (unpaired) electrons. The molecule has 0 aliphatic rings. The fraction of sp³-hybridized carbons (Fsp3) is 0.0952. The van der Waals surface area contributed by atoms with Gasteiger partial charge in [0.05, 0.1) is 12.1 Å². The predicted octanol–water partition coefficient (Wildman–Crippen LogP) is 4.37. The summed E-state index contributed by atoms with van der Waals surface area (Å²) in [5, 5.41) is 3.49. The summed E-state index contributed by atoms with van der Waals surface area (Å²) >= 11 is 1.49. The number of rotatable bonds is 4. The van der Waals surface area contributed by atoms with Crippen molar-refractivity contribution in [3.05, 3.63) is 81.7 Å². The molecule has 134 valence electrons. The van der Waals surface area contributed by atoms with E-state index in [4.69, 9.17) is 9.15 Å². The molecule has 27 heavy (non-hydrogen) atoms. The minimum atomic E-state index is -0.447. The molecule has 0 spiro atoms. The van der Waals surface area contributed by atoms with E-state index in [2.05, 4.69) is 11.1 Å². The molecule has 4 aromatic rings. The number of benzene rings is 2. The van der Waals surface area contributed by atoms with Crippen LogP contribution in [0.2, 0.25) is 0 Å². The van der Waals surface area contributed by atoms with E-state index in [1.54, 1.807) is 18.2 Å². The van der Waals surface area contributed by atoms with E-state index in [0.29, 0.717) is 17.0 Å². The van der Waals surface area contributed by atoms with Crippen molar-refractivity contribution in [1.82, 2.24) is 4.98 Å². The Balaban J connectivity index is 1.47. The third-order valence-corrected chi connectivity index (χ3v) is 4.91. The van der Waals surface area contributed by atoms with Gasteiger partial charge in [-0.2, -0.15) is 0 Å². The number of carbonyl (C=O) groups excluding carboxylic acids is 1. The van der Waals surface area contributed by atoms with Gasteiger partial charge in [-0.3, -0.25) is 4.79 Å². The molecule has 0 bridgehead atoms. The van der Waals surface area contributed by atoms with E-state index in [1.165, 1.54) is 23.5 Å². The van der Waals surface area contributed by atoms with Crippen molar-refractivity contribution < 1.29 is 13.9 Å². The first kappa shape index (κ1) is 17.2. The maximum atomic E-state index is 12.2. The zero-order chi connectivity index (χ0) is 18.8. The van der Waals surface area contributed by atoms with Crippen molar-refractivity contribution in [3.63, 3.8) is 0 Å². The topological polar surface area (TPSA) is 69.4 Å². The highest BCUT2D eigenvalue weighted by atomic mass is 32.1. The average molecular weight is 377 g/mol. The Morgan fingerprint density at radius 1 is 1.15 bits per heavy atom. The molecule has 2 aromatic heterocycles. The van der Waals surface area contributed by atoms with Crippen LogP contribution >= 0.6 is 11.3 Å². The lowest BCUT2D eigenvalue weighted by molar-refractivity contribution is -0.133. The van der Waals surface area contributed by atoms with Crippen molar-refractivity contribution in [2.75, 3.05) is 0 Å². The van der Waals surface area contributed by atoms with Crippen molar-refractivity contribution in [3.8, 4) is 16.3 Å². The molecule has 6 heteroatoms. The fourth-order valence-electron chi connectivity index (χ4n) is 2.72. The summed E-state index contributed by atoms with van der Waals surface area (Å²) < 4.78 is 10.5. The van der Waals surface area contributed by atoms with E-state index in [1.807, 2.05) is 30.5 Å². The third-order valence-electron chi connectivity index (χ3n) is 3.97. The Morgan fingerprint density at radius 3 is 2.85 bits per heavy atom. The fourth-order valence-corrected chi connectivity index (χ4v) is 3.54. The van der Waals surface area contributed by atoms with Crippen LogP contribution in [0.5, 0.6) is 5.75 Å². The molecule has 5 nitrogen and oxygen atoms in total. The largest absolute Gasteiger partial charge is 0.426 e.